The van der Waals surface area contributed by atoms with Crippen molar-refractivity contribution >= 4 is 0 Å². The number of hydrogen-bond donors (Lipinski definition) is 0. The average Bonchev–Trinajstić information content (AvgIpc) is 2.76. The van der Waals surface area contributed by atoms with E-state index in [-0.39, 0.29) is 0 Å². The highest BCUT2D eigenvalue weighted by Crippen LogP contribution is 2.21. The standard InChI is InChI=1S/C30H62/c1-4-7-9-11-12-13-14-15-16-17-18-19-20-21-22-23-24-25-27-29-30(6-3)28-26-10-8-5-2/h30H,4-29H2,1-3H3. The van der Waals surface area contributed by atoms with E-state index in [9.17, 15) is 0 Å². The second kappa shape index (κ2) is 27.0. The first-order valence-corrected chi connectivity index (χ1v) is 14.8. The lowest BCUT2D eigenvalue weighted by Crippen LogP contribution is -1.99. The lowest BCUT2D eigenvalue weighted by Gasteiger charge is -2.14. The summed E-state index contributed by atoms with van der Waals surface area (Å²) in [6.07, 6.45) is 38.3. The Kier molecular flexibility index (Phi) is 27.0. The summed E-state index contributed by atoms with van der Waals surface area (Å²) in [6.45, 7) is 7.02. The lowest BCUT2D eigenvalue weighted by atomic mass is 9.92. The monoisotopic (exact) mass is 422 g/mol. The van der Waals surface area contributed by atoms with Crippen LogP contribution in [0.2, 0.25) is 0 Å². The zero-order valence-corrected chi connectivity index (χ0v) is 22.0. The summed E-state index contributed by atoms with van der Waals surface area (Å²) in [6, 6.07) is 0. The van der Waals surface area contributed by atoms with Crippen molar-refractivity contribution in [3.05, 3.63) is 0 Å². The average molecular weight is 423 g/mol. The molecule has 1 unspecified atom stereocenters. The smallest absolute Gasteiger partial charge is 0.0417 e. The van der Waals surface area contributed by atoms with Crippen LogP contribution in [0.4, 0.5) is 0 Å². The van der Waals surface area contributed by atoms with Gasteiger partial charge in [-0.1, -0.05) is 188 Å². The third kappa shape index (κ3) is 24.3. The molecule has 0 N–H and O–H groups in total. The summed E-state index contributed by atoms with van der Waals surface area (Å²) in [5.74, 6) is 1.02. The minimum absolute atomic E-state index is 1.02. The Balaban J connectivity index is 3.15. The van der Waals surface area contributed by atoms with Crippen LogP contribution in [0.5, 0.6) is 0 Å². The summed E-state index contributed by atoms with van der Waals surface area (Å²) in [4.78, 5) is 0. The lowest BCUT2D eigenvalue weighted by molar-refractivity contribution is 0.393. The van der Waals surface area contributed by atoms with E-state index in [1.54, 1.807) is 0 Å². The van der Waals surface area contributed by atoms with Crippen molar-refractivity contribution in [1.82, 2.24) is 0 Å². The molecule has 0 radical (unpaired) electrons. The molecule has 182 valence electrons. The molecule has 0 aliphatic carbocycles. The molecular formula is C30H62. The molecule has 0 aromatic rings. The second-order valence-corrected chi connectivity index (χ2v) is 10.3. The third-order valence-electron chi connectivity index (χ3n) is 7.26. The van der Waals surface area contributed by atoms with Crippen LogP contribution in [0.3, 0.4) is 0 Å². The Bertz CT molecular complexity index is 282. The van der Waals surface area contributed by atoms with Crippen molar-refractivity contribution in [2.45, 2.75) is 188 Å². The van der Waals surface area contributed by atoms with Gasteiger partial charge in [0.1, 0.15) is 0 Å². The molecule has 0 heteroatoms. The summed E-state index contributed by atoms with van der Waals surface area (Å²) in [7, 11) is 0. The fraction of sp³-hybridized carbons (Fsp3) is 1.00. The van der Waals surface area contributed by atoms with Gasteiger partial charge in [-0.15, -0.1) is 0 Å². The van der Waals surface area contributed by atoms with E-state index < -0.39 is 0 Å². The van der Waals surface area contributed by atoms with E-state index in [0.717, 1.165) is 5.92 Å². The maximum absolute atomic E-state index is 2.40. The summed E-state index contributed by atoms with van der Waals surface area (Å²) < 4.78 is 0. The van der Waals surface area contributed by atoms with Gasteiger partial charge in [0, 0.05) is 0 Å². The quantitative estimate of drug-likeness (QED) is 0.122. The van der Waals surface area contributed by atoms with E-state index in [1.807, 2.05) is 0 Å². The van der Waals surface area contributed by atoms with E-state index in [1.165, 1.54) is 167 Å². The predicted octanol–water partition coefficient (Wildman–Crippen LogP) is 11.8. The Morgan fingerprint density at radius 3 is 0.800 bits per heavy atom. The topological polar surface area (TPSA) is 0 Å². The molecule has 0 nitrogen and oxygen atoms in total. The van der Waals surface area contributed by atoms with Crippen LogP contribution in [-0.4, -0.2) is 0 Å². The van der Waals surface area contributed by atoms with E-state index in [4.69, 9.17) is 0 Å². The molecule has 0 bridgehead atoms. The predicted molar refractivity (Wildman–Crippen MR) is 141 cm³/mol. The number of unbranched alkanes of at least 4 members (excludes halogenated alkanes) is 21. The first kappa shape index (κ1) is 30.0. The maximum Gasteiger partial charge on any atom is -0.0417 e. The van der Waals surface area contributed by atoms with Crippen LogP contribution in [0, 0.1) is 5.92 Å². The van der Waals surface area contributed by atoms with Gasteiger partial charge in [-0.05, 0) is 5.92 Å². The molecule has 0 saturated carbocycles. The summed E-state index contributed by atoms with van der Waals surface area (Å²) in [5.41, 5.74) is 0. The van der Waals surface area contributed by atoms with Crippen LogP contribution in [0.15, 0.2) is 0 Å². The molecule has 0 spiro atoms. The zero-order chi connectivity index (χ0) is 22.0. The number of hydrogen-bond acceptors (Lipinski definition) is 0. The zero-order valence-electron chi connectivity index (χ0n) is 22.0. The van der Waals surface area contributed by atoms with Gasteiger partial charge in [-0.25, -0.2) is 0 Å². The van der Waals surface area contributed by atoms with Crippen LogP contribution in [0.25, 0.3) is 0 Å². The Hall–Kier alpha value is 0. The molecule has 0 aliphatic heterocycles. The third-order valence-corrected chi connectivity index (χ3v) is 7.26. The van der Waals surface area contributed by atoms with Gasteiger partial charge in [-0.2, -0.15) is 0 Å². The van der Waals surface area contributed by atoms with Gasteiger partial charge in [0.15, 0.2) is 0 Å². The van der Waals surface area contributed by atoms with E-state index >= 15 is 0 Å². The molecule has 30 heavy (non-hydrogen) atoms. The summed E-state index contributed by atoms with van der Waals surface area (Å²) >= 11 is 0. The fourth-order valence-electron chi connectivity index (χ4n) is 4.92. The maximum atomic E-state index is 2.40. The molecule has 0 aliphatic rings. The van der Waals surface area contributed by atoms with E-state index in [2.05, 4.69) is 20.8 Å². The van der Waals surface area contributed by atoms with Crippen molar-refractivity contribution in [1.29, 1.82) is 0 Å². The highest BCUT2D eigenvalue weighted by molar-refractivity contribution is 4.59. The largest absolute Gasteiger partial charge is 0.0654 e. The van der Waals surface area contributed by atoms with Crippen molar-refractivity contribution in [2.75, 3.05) is 0 Å². The fourth-order valence-corrected chi connectivity index (χ4v) is 4.92. The summed E-state index contributed by atoms with van der Waals surface area (Å²) in [5, 5.41) is 0. The molecule has 0 fully saturated rings. The van der Waals surface area contributed by atoms with Crippen LogP contribution in [-0.2, 0) is 0 Å². The van der Waals surface area contributed by atoms with Gasteiger partial charge >= 0.3 is 0 Å². The van der Waals surface area contributed by atoms with E-state index in [0.29, 0.717) is 0 Å². The first-order valence-electron chi connectivity index (χ1n) is 14.8. The molecule has 0 saturated heterocycles. The van der Waals surface area contributed by atoms with Gasteiger partial charge in [0.25, 0.3) is 0 Å². The van der Waals surface area contributed by atoms with Crippen molar-refractivity contribution in [3.8, 4) is 0 Å². The highest BCUT2D eigenvalue weighted by atomic mass is 14.1. The van der Waals surface area contributed by atoms with Gasteiger partial charge in [0.2, 0.25) is 0 Å². The molecule has 0 amide bonds. The SMILES string of the molecule is CCCCCCCCCCCCCCCCCCCCCC(CC)CCCCCC. The van der Waals surface area contributed by atoms with Crippen LogP contribution >= 0.6 is 0 Å². The molecular weight excluding hydrogens is 360 g/mol. The van der Waals surface area contributed by atoms with Crippen molar-refractivity contribution in [2.24, 2.45) is 5.92 Å². The first-order chi connectivity index (χ1) is 14.8. The number of rotatable bonds is 26. The van der Waals surface area contributed by atoms with Gasteiger partial charge < -0.3 is 0 Å². The molecule has 1 atom stereocenters. The molecule has 0 aromatic carbocycles. The van der Waals surface area contributed by atoms with Gasteiger partial charge in [-0.3, -0.25) is 0 Å². The molecule has 0 aromatic heterocycles. The molecule has 0 rings (SSSR count). The Morgan fingerprint density at radius 2 is 0.533 bits per heavy atom. The second-order valence-electron chi connectivity index (χ2n) is 10.3. The Labute approximate surface area is 193 Å². The minimum atomic E-state index is 1.02. The van der Waals surface area contributed by atoms with Gasteiger partial charge in [0.05, 0.1) is 0 Å². The van der Waals surface area contributed by atoms with Crippen molar-refractivity contribution < 1.29 is 0 Å². The van der Waals surface area contributed by atoms with Crippen molar-refractivity contribution in [3.63, 3.8) is 0 Å². The molecule has 0 heterocycles. The van der Waals surface area contributed by atoms with Crippen LogP contribution < -0.4 is 0 Å². The van der Waals surface area contributed by atoms with Crippen LogP contribution in [0.1, 0.15) is 188 Å². The minimum Gasteiger partial charge on any atom is -0.0654 e. The Morgan fingerprint density at radius 1 is 0.300 bits per heavy atom. The normalized spacial score (nSPS) is 12.5. The highest BCUT2D eigenvalue weighted by Gasteiger charge is 2.05.